The Morgan fingerprint density at radius 1 is 0.833 bits per heavy atom. The molecule has 1 aromatic carbocycles. The molecule has 12 nitrogen and oxygen atoms in total. The van der Waals surface area contributed by atoms with Crippen LogP contribution >= 0.6 is 0 Å². The van der Waals surface area contributed by atoms with E-state index in [1.54, 1.807) is 0 Å². The van der Waals surface area contributed by atoms with Crippen LogP contribution in [0.4, 0.5) is 0 Å². The zero-order chi connectivity index (χ0) is 18.3. The molecular weight excluding hydrogens is 324 g/mol. The molecule has 0 aliphatic carbocycles. The molecule has 130 valence electrons. The predicted octanol–water partition coefficient (Wildman–Crippen LogP) is -0.650. The van der Waals surface area contributed by atoms with Gasteiger partial charge in [0.2, 0.25) is 0 Å². The highest BCUT2D eigenvalue weighted by Crippen LogP contribution is 2.09. The monoisotopic (exact) mass is 342 g/mol. The van der Waals surface area contributed by atoms with E-state index in [2.05, 4.69) is 9.68 Å². The van der Waals surface area contributed by atoms with Gasteiger partial charge in [-0.25, -0.2) is 9.68 Å². The molecule has 1 aromatic rings. The normalized spacial score (nSPS) is 9.83. The topological polar surface area (TPSA) is 123 Å². The highest BCUT2D eigenvalue weighted by molar-refractivity contribution is 5.96. The second-order valence-corrected chi connectivity index (χ2v) is 4.37. The first kappa shape index (κ1) is 18.9. The Balaban J connectivity index is 2.85. The molecule has 0 atom stereocenters. The van der Waals surface area contributed by atoms with Gasteiger partial charge in [-0.2, -0.15) is 0 Å². The van der Waals surface area contributed by atoms with Crippen LogP contribution in [0, 0.1) is 9.81 Å². The van der Waals surface area contributed by atoms with Gasteiger partial charge in [-0.3, -0.25) is 9.59 Å². The summed E-state index contributed by atoms with van der Waals surface area (Å²) >= 11 is 0. The lowest BCUT2D eigenvalue weighted by atomic mass is 10.1. The molecule has 0 saturated carbocycles. The quantitative estimate of drug-likeness (QED) is 0.472. The van der Waals surface area contributed by atoms with Gasteiger partial charge >= 0.3 is 11.8 Å². The highest BCUT2D eigenvalue weighted by Gasteiger charge is 2.28. The molecule has 1 rings (SSSR count). The van der Waals surface area contributed by atoms with Gasteiger partial charge in [0.25, 0.3) is 9.96 Å². The van der Waals surface area contributed by atoms with E-state index in [0.717, 1.165) is 10.0 Å². The minimum absolute atomic E-state index is 0.0981. The first-order valence-corrected chi connectivity index (χ1v) is 6.51. The molecule has 0 saturated heterocycles. The molecule has 2 amide bonds. The molecule has 0 unspecified atom stereocenters. The van der Waals surface area contributed by atoms with Crippen molar-refractivity contribution in [3.8, 4) is 0 Å². The molecule has 2 N–H and O–H groups in total. The number of carbonyl (C=O) groups is 2. The van der Waals surface area contributed by atoms with Crippen molar-refractivity contribution in [2.75, 3.05) is 28.3 Å². The number of nitrogens with zero attached hydrogens (tertiary/aromatic N) is 4. The fourth-order valence-electron chi connectivity index (χ4n) is 1.57. The zero-order valence-electron chi connectivity index (χ0n) is 13.5. The number of benzene rings is 1. The van der Waals surface area contributed by atoms with E-state index in [1.165, 1.54) is 52.6 Å². The summed E-state index contributed by atoms with van der Waals surface area (Å²) in [6.07, 6.45) is 0. The third-order valence-corrected chi connectivity index (χ3v) is 2.85. The van der Waals surface area contributed by atoms with Crippen LogP contribution in [-0.4, -0.2) is 60.1 Å². The molecule has 0 heterocycles. The lowest BCUT2D eigenvalue weighted by Gasteiger charge is -2.08. The lowest BCUT2D eigenvalue weighted by Crippen LogP contribution is -2.43. The first-order valence-electron chi connectivity index (χ1n) is 6.51. The summed E-state index contributed by atoms with van der Waals surface area (Å²) in [6, 6.07) is 5.39. The smallest absolute Gasteiger partial charge is 0.263 e. The van der Waals surface area contributed by atoms with Crippen molar-refractivity contribution < 1.29 is 29.2 Å². The van der Waals surface area contributed by atoms with E-state index in [4.69, 9.17) is 0 Å². The maximum absolute atomic E-state index is 12.1. The second kappa shape index (κ2) is 8.50. The summed E-state index contributed by atoms with van der Waals surface area (Å²) < 4.78 is 0. The summed E-state index contributed by atoms with van der Waals surface area (Å²) in [5, 5.41) is 1.46. The summed E-state index contributed by atoms with van der Waals surface area (Å²) in [4.78, 5) is 56.0. The van der Waals surface area contributed by atoms with Crippen molar-refractivity contribution in [3.05, 3.63) is 45.2 Å². The van der Waals surface area contributed by atoms with E-state index >= 15 is 0 Å². The SMILES string of the molecule is CON[N+](=O)N(C)C(=O)c1ccc(C(=O)N(C)[N+](=O)NOC)cc1. The van der Waals surface area contributed by atoms with Gasteiger partial charge in [-0.15, -0.1) is 0 Å². The van der Waals surface area contributed by atoms with Crippen molar-refractivity contribution in [2.45, 2.75) is 0 Å². The van der Waals surface area contributed by atoms with Crippen LogP contribution in [0.25, 0.3) is 0 Å². The lowest BCUT2D eigenvalue weighted by molar-refractivity contribution is -0.766. The van der Waals surface area contributed by atoms with Gasteiger partial charge in [0.15, 0.2) is 0 Å². The van der Waals surface area contributed by atoms with Crippen molar-refractivity contribution in [3.63, 3.8) is 0 Å². The van der Waals surface area contributed by atoms with Gasteiger partial charge in [-0.1, -0.05) is 0 Å². The Hall–Kier alpha value is -3.12. The fourth-order valence-corrected chi connectivity index (χ4v) is 1.57. The molecule has 12 heteroatoms. The van der Waals surface area contributed by atoms with Crippen molar-refractivity contribution in [1.82, 2.24) is 21.2 Å². The molecule has 0 radical (unpaired) electrons. The molecular formula is C12H18N6O6+2. The van der Waals surface area contributed by atoms with E-state index in [1.807, 2.05) is 11.2 Å². The van der Waals surface area contributed by atoms with Crippen molar-refractivity contribution in [1.29, 1.82) is 0 Å². The molecule has 0 bridgehead atoms. The summed E-state index contributed by atoms with van der Waals surface area (Å²) in [5.41, 5.74) is 4.17. The third kappa shape index (κ3) is 4.44. The van der Waals surface area contributed by atoms with Crippen LogP contribution in [0.3, 0.4) is 0 Å². The molecule has 0 aromatic heterocycles. The van der Waals surface area contributed by atoms with Crippen LogP contribution in [0.15, 0.2) is 24.3 Å². The Labute approximate surface area is 136 Å². The van der Waals surface area contributed by atoms with E-state index in [-0.39, 0.29) is 21.1 Å². The number of hydrogen-bond donors (Lipinski definition) is 2. The maximum Gasteiger partial charge on any atom is 0.315 e. The average molecular weight is 342 g/mol. The van der Waals surface area contributed by atoms with Crippen molar-refractivity contribution >= 4 is 11.8 Å². The fraction of sp³-hybridized carbons (Fsp3) is 0.333. The Kier molecular flexibility index (Phi) is 6.70. The summed E-state index contributed by atoms with van der Waals surface area (Å²) in [5.74, 6) is -1.26. The van der Waals surface area contributed by atoms with Crippen molar-refractivity contribution in [2.24, 2.45) is 0 Å². The standard InChI is InChI=1S/C12H18N6O6/c1-15(17(21)13-23-3)11(19)9-5-7-10(8-6-9)12(20)16(2)18(22)14-24-4/h5-8H,1-4H3,(H,13,21)(H,14,22)/q+2. The van der Waals surface area contributed by atoms with Gasteiger partial charge in [0.1, 0.15) is 0 Å². The van der Waals surface area contributed by atoms with E-state index in [0.29, 0.717) is 0 Å². The molecule has 0 spiro atoms. The number of rotatable bonds is 8. The van der Waals surface area contributed by atoms with E-state index < -0.39 is 11.8 Å². The highest BCUT2D eigenvalue weighted by atomic mass is 16.7. The summed E-state index contributed by atoms with van der Waals surface area (Å²) in [6.45, 7) is 0. The Morgan fingerprint density at radius 3 is 1.38 bits per heavy atom. The summed E-state index contributed by atoms with van der Waals surface area (Å²) in [7, 11) is 4.91. The molecule has 24 heavy (non-hydrogen) atoms. The molecule has 0 aliphatic rings. The Bertz CT molecular complexity index is 578. The van der Waals surface area contributed by atoms with Gasteiger partial charge in [0.05, 0.1) is 38.1 Å². The predicted molar refractivity (Wildman–Crippen MR) is 78.2 cm³/mol. The van der Waals surface area contributed by atoms with Gasteiger partial charge in [0, 0.05) is 22.3 Å². The Morgan fingerprint density at radius 2 is 1.12 bits per heavy atom. The number of nitroso groups, excluding NO2 is 2. The third-order valence-electron chi connectivity index (χ3n) is 2.85. The van der Waals surface area contributed by atoms with Crippen LogP contribution in [0.5, 0.6) is 0 Å². The van der Waals surface area contributed by atoms with E-state index in [9.17, 15) is 19.4 Å². The van der Waals surface area contributed by atoms with Crippen LogP contribution in [-0.2, 0) is 9.68 Å². The largest absolute Gasteiger partial charge is 0.315 e. The number of nitrogens with one attached hydrogen (secondary N) is 2. The number of carbonyl (C=O) groups excluding carboxylic acids is 2. The minimum Gasteiger partial charge on any atom is -0.263 e. The van der Waals surface area contributed by atoms with Crippen LogP contribution < -0.4 is 11.2 Å². The minimum atomic E-state index is -0.631. The van der Waals surface area contributed by atoms with Gasteiger partial charge < -0.3 is 0 Å². The second-order valence-electron chi connectivity index (χ2n) is 4.37. The maximum atomic E-state index is 12.1. The number of hydrogen-bond acceptors (Lipinski definition) is 6. The first-order chi connectivity index (χ1) is 11.3. The van der Waals surface area contributed by atoms with Crippen LogP contribution in [0.1, 0.15) is 20.7 Å². The molecule has 0 aliphatic heterocycles. The number of amides is 2. The average Bonchev–Trinajstić information content (AvgIpc) is 2.59. The number of hydrazine groups is 4. The zero-order valence-corrected chi connectivity index (χ0v) is 13.5. The van der Waals surface area contributed by atoms with Gasteiger partial charge in [-0.05, 0) is 34.3 Å². The molecule has 0 fully saturated rings. The van der Waals surface area contributed by atoms with Crippen LogP contribution in [0.2, 0.25) is 0 Å².